The number of carbonyl (C=O) groups excluding carboxylic acids is 1. The Morgan fingerprint density at radius 3 is 2.24 bits per heavy atom. The molecule has 0 radical (unpaired) electrons. The number of hydrogen-bond donors (Lipinski definition) is 2. The number of fused-ring (bicyclic) bond motifs is 1. The number of halogens is 4. The van der Waals surface area contributed by atoms with Crippen molar-refractivity contribution in [3.05, 3.63) is 64.4 Å². The van der Waals surface area contributed by atoms with Crippen molar-refractivity contribution in [2.45, 2.75) is 44.9 Å². The van der Waals surface area contributed by atoms with Gasteiger partial charge in [0.25, 0.3) is 5.91 Å². The molecule has 1 aliphatic carbocycles. The normalized spacial score (nSPS) is 16.3. The van der Waals surface area contributed by atoms with Crippen LogP contribution < -0.4 is 0 Å². The Balaban J connectivity index is 2.09. The first-order chi connectivity index (χ1) is 15.5. The smallest absolute Gasteiger partial charge is 0.314 e. The van der Waals surface area contributed by atoms with Gasteiger partial charge in [-0.25, -0.2) is 17.6 Å². The van der Waals surface area contributed by atoms with E-state index < -0.39 is 52.2 Å². The molecular formula is C24H21F4NO4. The molecule has 0 amide bonds. The number of aliphatic carboxylic acids is 1. The van der Waals surface area contributed by atoms with E-state index in [1.165, 1.54) is 13.8 Å². The topological polar surface area (TPSA) is 79.5 Å². The summed E-state index contributed by atoms with van der Waals surface area (Å²) in [4.78, 5) is 25.9. The van der Waals surface area contributed by atoms with Gasteiger partial charge in [0.2, 0.25) is 0 Å². The summed E-state index contributed by atoms with van der Waals surface area (Å²) in [5, 5.41) is 19.8. The van der Waals surface area contributed by atoms with E-state index in [1.807, 2.05) is 0 Å². The number of phenols is 1. The summed E-state index contributed by atoms with van der Waals surface area (Å²) in [5.41, 5.74) is -2.30. The molecule has 3 aromatic rings. The molecule has 1 heterocycles. The van der Waals surface area contributed by atoms with Crippen molar-refractivity contribution in [1.29, 1.82) is 0 Å². The van der Waals surface area contributed by atoms with E-state index in [0.29, 0.717) is 18.9 Å². The fourth-order valence-corrected chi connectivity index (χ4v) is 5.13. The molecule has 1 aliphatic rings. The molecule has 9 heteroatoms. The second-order valence-electron chi connectivity index (χ2n) is 8.63. The van der Waals surface area contributed by atoms with Crippen LogP contribution in [-0.4, -0.2) is 26.7 Å². The molecule has 1 saturated carbocycles. The summed E-state index contributed by atoms with van der Waals surface area (Å²) in [5.74, 6) is -9.05. The number of aromatic nitrogens is 1. The Morgan fingerprint density at radius 1 is 1.03 bits per heavy atom. The number of aromatic hydroxyl groups is 1. The summed E-state index contributed by atoms with van der Waals surface area (Å²) in [6, 6.07) is 3.16. The molecule has 1 aromatic heterocycles. The van der Waals surface area contributed by atoms with E-state index >= 15 is 4.39 Å². The number of rotatable bonds is 4. The number of carboxylic acids is 1. The van der Waals surface area contributed by atoms with E-state index in [2.05, 4.69) is 0 Å². The SMILES string of the molecule is Cc1c([C@](C)(C(=O)O)C2CCCC2)c2c(F)c(O)c(F)cc2n1C(=O)c1ccc(F)c(F)c1. The van der Waals surface area contributed by atoms with Crippen LogP contribution in [0.2, 0.25) is 0 Å². The lowest BCUT2D eigenvalue weighted by Crippen LogP contribution is -2.40. The van der Waals surface area contributed by atoms with Crippen molar-refractivity contribution in [2.24, 2.45) is 5.92 Å². The van der Waals surface area contributed by atoms with E-state index in [1.54, 1.807) is 0 Å². The largest absolute Gasteiger partial charge is 0.503 e. The molecule has 2 N–H and O–H groups in total. The van der Waals surface area contributed by atoms with Gasteiger partial charge < -0.3 is 10.2 Å². The van der Waals surface area contributed by atoms with Crippen molar-refractivity contribution < 1.29 is 37.4 Å². The highest BCUT2D eigenvalue weighted by molar-refractivity contribution is 6.06. The molecule has 4 rings (SSSR count). The van der Waals surface area contributed by atoms with Gasteiger partial charge in [-0.3, -0.25) is 14.2 Å². The molecule has 0 bridgehead atoms. The lowest BCUT2D eigenvalue weighted by Gasteiger charge is -2.32. The van der Waals surface area contributed by atoms with Gasteiger partial charge in [0.1, 0.15) is 0 Å². The van der Waals surface area contributed by atoms with Gasteiger partial charge in [0.15, 0.2) is 29.0 Å². The number of carboxylic acid groups (broad SMARTS) is 1. The monoisotopic (exact) mass is 463 g/mol. The number of carbonyl (C=O) groups is 2. The van der Waals surface area contributed by atoms with Crippen LogP contribution in [0.3, 0.4) is 0 Å². The highest BCUT2D eigenvalue weighted by Crippen LogP contribution is 2.48. The van der Waals surface area contributed by atoms with Gasteiger partial charge in [-0.05, 0) is 50.8 Å². The molecule has 174 valence electrons. The van der Waals surface area contributed by atoms with E-state index in [0.717, 1.165) is 35.6 Å². The zero-order chi connectivity index (χ0) is 24.2. The number of phenolic OH excluding ortho intramolecular Hbond substituents is 1. The Bertz CT molecular complexity index is 1310. The second kappa shape index (κ2) is 7.90. The fourth-order valence-electron chi connectivity index (χ4n) is 5.13. The summed E-state index contributed by atoms with van der Waals surface area (Å²) in [6.07, 6.45) is 2.67. The summed E-state index contributed by atoms with van der Waals surface area (Å²) >= 11 is 0. The van der Waals surface area contributed by atoms with Crippen molar-refractivity contribution in [3.63, 3.8) is 0 Å². The van der Waals surface area contributed by atoms with Crippen LogP contribution in [0.4, 0.5) is 17.6 Å². The van der Waals surface area contributed by atoms with Gasteiger partial charge in [0.05, 0.1) is 10.9 Å². The standard InChI is InChI=1S/C24H21F4NO4/c1-11-19(24(2,23(32)33)13-5-3-4-6-13)18-17(10-16(27)21(30)20(18)28)29(11)22(31)12-7-8-14(25)15(26)9-12/h7-10,13,30H,3-6H2,1-2H3,(H,32,33)/t24-/m1/s1. The average molecular weight is 463 g/mol. The van der Waals surface area contributed by atoms with Crippen LogP contribution in [0.15, 0.2) is 24.3 Å². The molecule has 0 unspecified atom stereocenters. The third-order valence-electron chi connectivity index (χ3n) is 6.87. The van der Waals surface area contributed by atoms with Gasteiger partial charge >= 0.3 is 5.97 Å². The lowest BCUT2D eigenvalue weighted by atomic mass is 9.69. The van der Waals surface area contributed by atoms with Crippen LogP contribution in [0.1, 0.15) is 54.2 Å². The molecule has 1 fully saturated rings. The maximum Gasteiger partial charge on any atom is 0.314 e. The number of benzene rings is 2. The Morgan fingerprint density at radius 2 is 1.67 bits per heavy atom. The Kier molecular flexibility index (Phi) is 5.46. The minimum absolute atomic E-state index is 0.0143. The van der Waals surface area contributed by atoms with Crippen LogP contribution in [0.25, 0.3) is 10.9 Å². The maximum absolute atomic E-state index is 15.3. The van der Waals surface area contributed by atoms with Crippen LogP contribution in [-0.2, 0) is 10.2 Å². The van der Waals surface area contributed by atoms with Gasteiger partial charge in [-0.2, -0.15) is 0 Å². The average Bonchev–Trinajstić information content (AvgIpc) is 3.40. The quantitative estimate of drug-likeness (QED) is 0.506. The van der Waals surface area contributed by atoms with E-state index in [9.17, 15) is 33.0 Å². The zero-order valence-corrected chi connectivity index (χ0v) is 17.9. The molecule has 33 heavy (non-hydrogen) atoms. The Hall–Kier alpha value is -3.36. The number of nitrogens with zero attached hydrogens (tertiary/aromatic N) is 1. The molecule has 0 spiro atoms. The molecule has 1 atom stereocenters. The first kappa shape index (κ1) is 22.8. The minimum Gasteiger partial charge on any atom is -0.503 e. The molecular weight excluding hydrogens is 442 g/mol. The molecule has 0 aliphatic heterocycles. The van der Waals surface area contributed by atoms with Crippen molar-refractivity contribution in [3.8, 4) is 5.75 Å². The van der Waals surface area contributed by atoms with Gasteiger partial charge in [-0.1, -0.05) is 12.8 Å². The third-order valence-corrected chi connectivity index (χ3v) is 6.87. The number of hydrogen-bond acceptors (Lipinski definition) is 3. The first-order valence-corrected chi connectivity index (χ1v) is 10.5. The van der Waals surface area contributed by atoms with E-state index in [4.69, 9.17) is 0 Å². The van der Waals surface area contributed by atoms with Gasteiger partial charge in [-0.15, -0.1) is 0 Å². The van der Waals surface area contributed by atoms with Crippen LogP contribution in [0.5, 0.6) is 5.75 Å². The minimum atomic E-state index is -1.65. The Labute approximate surface area is 186 Å². The van der Waals surface area contributed by atoms with Crippen molar-refractivity contribution >= 4 is 22.8 Å². The second-order valence-corrected chi connectivity index (χ2v) is 8.63. The van der Waals surface area contributed by atoms with Crippen molar-refractivity contribution in [1.82, 2.24) is 4.57 Å². The molecule has 5 nitrogen and oxygen atoms in total. The maximum atomic E-state index is 15.3. The summed E-state index contributed by atoms with van der Waals surface area (Å²) < 4.78 is 57.6. The lowest BCUT2D eigenvalue weighted by molar-refractivity contribution is -0.145. The molecule has 0 saturated heterocycles. The summed E-state index contributed by atoms with van der Waals surface area (Å²) in [7, 11) is 0. The van der Waals surface area contributed by atoms with Gasteiger partial charge in [0, 0.05) is 28.3 Å². The first-order valence-electron chi connectivity index (χ1n) is 10.5. The fraction of sp³-hybridized carbons (Fsp3) is 0.333. The third kappa shape index (κ3) is 3.29. The van der Waals surface area contributed by atoms with Crippen LogP contribution in [0, 0.1) is 36.1 Å². The molecule has 2 aromatic carbocycles. The summed E-state index contributed by atoms with van der Waals surface area (Å²) in [6.45, 7) is 2.82. The highest BCUT2D eigenvalue weighted by atomic mass is 19.2. The van der Waals surface area contributed by atoms with Crippen molar-refractivity contribution in [2.75, 3.05) is 0 Å². The highest BCUT2D eigenvalue weighted by Gasteiger charge is 2.48. The van der Waals surface area contributed by atoms with E-state index in [-0.39, 0.29) is 27.7 Å². The predicted molar refractivity (Wildman–Crippen MR) is 111 cm³/mol. The zero-order valence-electron chi connectivity index (χ0n) is 17.9. The van der Waals surface area contributed by atoms with Crippen LogP contribution >= 0.6 is 0 Å². The predicted octanol–water partition coefficient (Wildman–Crippen LogP) is 5.43.